The average Bonchev–Trinajstić information content (AvgIpc) is 2.35. The van der Waals surface area contributed by atoms with Crippen molar-refractivity contribution in [3.63, 3.8) is 0 Å². The van der Waals surface area contributed by atoms with E-state index in [-0.39, 0.29) is 24.8 Å². The van der Waals surface area contributed by atoms with Crippen LogP contribution in [0.3, 0.4) is 0 Å². The summed E-state index contributed by atoms with van der Waals surface area (Å²) in [5, 5.41) is 48.2. The normalized spacial score (nSPS) is 18.5. The molecule has 0 saturated heterocycles. The van der Waals surface area contributed by atoms with Crippen LogP contribution in [-0.4, -0.2) is 81.3 Å². The summed E-state index contributed by atoms with van der Waals surface area (Å²) in [5.41, 5.74) is 0. The highest BCUT2D eigenvalue weighted by Gasteiger charge is 2.29. The van der Waals surface area contributed by atoms with Gasteiger partial charge in [0.2, 0.25) is 0 Å². The van der Waals surface area contributed by atoms with Gasteiger partial charge in [-0.1, -0.05) is 0 Å². The van der Waals surface area contributed by atoms with Crippen LogP contribution in [0.5, 0.6) is 0 Å². The van der Waals surface area contributed by atoms with E-state index in [9.17, 15) is 20.1 Å². The fraction of sp³-hybridized carbons (Fsp3) is 0.889. The number of Topliss-reactive ketones (excluding diaryl/α,β-unsaturated/α-hetero) is 1. The lowest BCUT2D eigenvalue weighted by atomic mass is 10.0. The SMILES string of the molecule is O=C(CCl)CNC[C@H](O)[C@@H](O)[C@H](O)[C@H](O)CO. The van der Waals surface area contributed by atoms with Crippen LogP contribution in [0, 0.1) is 0 Å². The van der Waals surface area contributed by atoms with Crippen molar-refractivity contribution in [1.82, 2.24) is 5.32 Å². The Kier molecular flexibility index (Phi) is 8.61. The highest BCUT2D eigenvalue weighted by molar-refractivity contribution is 6.27. The van der Waals surface area contributed by atoms with Gasteiger partial charge in [-0.15, -0.1) is 11.6 Å². The molecule has 0 heterocycles. The first-order valence-corrected chi connectivity index (χ1v) is 5.59. The summed E-state index contributed by atoms with van der Waals surface area (Å²) in [6, 6.07) is 0. The lowest BCUT2D eigenvalue weighted by Gasteiger charge is -2.25. The van der Waals surface area contributed by atoms with Gasteiger partial charge in [0.05, 0.1) is 25.1 Å². The van der Waals surface area contributed by atoms with Gasteiger partial charge >= 0.3 is 0 Å². The van der Waals surface area contributed by atoms with E-state index in [0.717, 1.165) is 0 Å². The minimum Gasteiger partial charge on any atom is -0.394 e. The Morgan fingerprint density at radius 3 is 2.12 bits per heavy atom. The lowest BCUT2D eigenvalue weighted by molar-refractivity contribution is -0.118. The van der Waals surface area contributed by atoms with Crippen molar-refractivity contribution in [2.75, 3.05) is 25.6 Å². The van der Waals surface area contributed by atoms with E-state index in [2.05, 4.69) is 5.32 Å². The second-order valence-electron chi connectivity index (χ2n) is 3.60. The first kappa shape index (κ1) is 16.7. The molecule has 0 aliphatic rings. The minimum absolute atomic E-state index is 0.0636. The number of rotatable bonds is 9. The Balaban J connectivity index is 3.96. The number of ketones is 1. The molecule has 0 aromatic rings. The summed E-state index contributed by atoms with van der Waals surface area (Å²) >= 11 is 5.24. The molecule has 0 aliphatic carbocycles. The molecule has 0 saturated carbocycles. The number of aliphatic hydroxyl groups excluding tert-OH is 5. The van der Waals surface area contributed by atoms with Gasteiger partial charge in [0.25, 0.3) is 0 Å². The predicted molar refractivity (Wildman–Crippen MR) is 59.7 cm³/mol. The number of halogens is 1. The first-order valence-electron chi connectivity index (χ1n) is 5.05. The van der Waals surface area contributed by atoms with E-state index in [4.69, 9.17) is 21.8 Å². The molecule has 0 spiro atoms. The smallest absolute Gasteiger partial charge is 0.161 e. The van der Waals surface area contributed by atoms with Gasteiger partial charge in [0.15, 0.2) is 5.78 Å². The molecular formula is C9H18ClNO6. The lowest BCUT2D eigenvalue weighted by Crippen LogP contribution is -2.49. The first-order chi connectivity index (χ1) is 7.93. The molecule has 0 aromatic carbocycles. The number of carbonyl (C=O) groups is 1. The van der Waals surface area contributed by atoms with Crippen molar-refractivity contribution in [2.45, 2.75) is 24.4 Å². The van der Waals surface area contributed by atoms with Crippen LogP contribution in [0.2, 0.25) is 0 Å². The molecule has 8 heteroatoms. The largest absolute Gasteiger partial charge is 0.394 e. The Morgan fingerprint density at radius 1 is 1.12 bits per heavy atom. The molecule has 0 rings (SSSR count). The molecule has 0 bridgehead atoms. The molecule has 4 atom stereocenters. The maximum absolute atomic E-state index is 10.8. The van der Waals surface area contributed by atoms with E-state index in [0.29, 0.717) is 0 Å². The zero-order valence-electron chi connectivity index (χ0n) is 9.16. The summed E-state index contributed by atoms with van der Waals surface area (Å²) in [6.45, 7) is -0.950. The zero-order valence-corrected chi connectivity index (χ0v) is 9.92. The van der Waals surface area contributed by atoms with Crippen LogP contribution in [-0.2, 0) is 4.79 Å². The third-order valence-corrected chi connectivity index (χ3v) is 2.45. The number of carbonyl (C=O) groups excluding carboxylic acids is 1. The van der Waals surface area contributed by atoms with Crippen LogP contribution in [0.25, 0.3) is 0 Å². The molecule has 6 N–H and O–H groups in total. The fourth-order valence-electron chi connectivity index (χ4n) is 1.09. The highest BCUT2D eigenvalue weighted by atomic mass is 35.5. The minimum atomic E-state index is -1.67. The summed E-state index contributed by atoms with van der Waals surface area (Å²) in [4.78, 5) is 10.8. The second kappa shape index (κ2) is 8.76. The highest BCUT2D eigenvalue weighted by Crippen LogP contribution is 2.04. The maximum Gasteiger partial charge on any atom is 0.161 e. The van der Waals surface area contributed by atoms with Gasteiger partial charge in [-0.25, -0.2) is 0 Å². The summed E-state index contributed by atoms with van der Waals surface area (Å²) in [5.74, 6) is -0.429. The zero-order chi connectivity index (χ0) is 13.4. The van der Waals surface area contributed by atoms with Crippen molar-refractivity contribution in [2.24, 2.45) is 0 Å². The average molecular weight is 272 g/mol. The number of aliphatic hydroxyl groups is 5. The number of hydrogen-bond acceptors (Lipinski definition) is 7. The molecule has 0 fully saturated rings. The molecule has 102 valence electrons. The van der Waals surface area contributed by atoms with E-state index in [1.54, 1.807) is 0 Å². The summed E-state index contributed by atoms with van der Waals surface area (Å²) < 4.78 is 0. The molecule has 0 aromatic heterocycles. The molecule has 0 amide bonds. The van der Waals surface area contributed by atoms with Gasteiger partial charge < -0.3 is 30.8 Å². The quantitative estimate of drug-likeness (QED) is 0.244. The van der Waals surface area contributed by atoms with Gasteiger partial charge in [0, 0.05) is 6.54 Å². The van der Waals surface area contributed by atoms with Crippen molar-refractivity contribution in [3.8, 4) is 0 Å². The van der Waals surface area contributed by atoms with Gasteiger partial charge in [0.1, 0.15) is 18.3 Å². The van der Waals surface area contributed by atoms with E-state index in [1.165, 1.54) is 0 Å². The van der Waals surface area contributed by atoms with Crippen LogP contribution >= 0.6 is 11.6 Å². The Morgan fingerprint density at radius 2 is 1.65 bits per heavy atom. The standard InChI is InChI=1S/C9H18ClNO6/c10-1-5(13)2-11-3-6(14)8(16)9(17)7(15)4-12/h6-9,11-12,14-17H,1-4H2/t6-,7+,8+,9+/m0/s1. The van der Waals surface area contributed by atoms with Crippen molar-refractivity contribution in [3.05, 3.63) is 0 Å². The van der Waals surface area contributed by atoms with E-state index >= 15 is 0 Å². The summed E-state index contributed by atoms with van der Waals surface area (Å²) in [7, 11) is 0. The predicted octanol–water partition coefficient (Wildman–Crippen LogP) is -3.18. The molecule has 0 unspecified atom stereocenters. The topological polar surface area (TPSA) is 130 Å². The van der Waals surface area contributed by atoms with Crippen molar-refractivity contribution < 1.29 is 30.3 Å². The van der Waals surface area contributed by atoms with Crippen LogP contribution in [0.4, 0.5) is 0 Å². The van der Waals surface area contributed by atoms with Gasteiger partial charge in [-0.05, 0) is 0 Å². The number of hydrogen-bond donors (Lipinski definition) is 6. The summed E-state index contributed by atoms with van der Waals surface area (Å²) in [6.07, 6.45) is -6.21. The third-order valence-electron chi connectivity index (χ3n) is 2.15. The molecule has 7 nitrogen and oxygen atoms in total. The van der Waals surface area contributed by atoms with Crippen molar-refractivity contribution >= 4 is 17.4 Å². The molecule has 17 heavy (non-hydrogen) atoms. The van der Waals surface area contributed by atoms with Crippen LogP contribution in [0.1, 0.15) is 0 Å². The number of alkyl halides is 1. The Bertz CT molecular complexity index is 230. The Hall–Kier alpha value is -0.280. The Labute approximate surface area is 104 Å². The van der Waals surface area contributed by atoms with Crippen LogP contribution < -0.4 is 5.32 Å². The molecule has 0 radical (unpaired) electrons. The molecule has 0 aliphatic heterocycles. The molecular weight excluding hydrogens is 254 g/mol. The third kappa shape index (κ3) is 6.27. The van der Waals surface area contributed by atoms with E-state index < -0.39 is 31.0 Å². The van der Waals surface area contributed by atoms with Gasteiger partial charge in [-0.2, -0.15) is 0 Å². The maximum atomic E-state index is 10.8. The second-order valence-corrected chi connectivity index (χ2v) is 3.87. The fourth-order valence-corrected chi connectivity index (χ4v) is 1.19. The van der Waals surface area contributed by atoms with E-state index in [1.807, 2.05) is 0 Å². The van der Waals surface area contributed by atoms with Gasteiger partial charge in [-0.3, -0.25) is 4.79 Å². The van der Waals surface area contributed by atoms with Crippen LogP contribution in [0.15, 0.2) is 0 Å². The monoisotopic (exact) mass is 271 g/mol. The van der Waals surface area contributed by atoms with Crippen molar-refractivity contribution in [1.29, 1.82) is 0 Å². The number of nitrogens with one attached hydrogen (secondary N) is 1.